The minimum absolute atomic E-state index is 0.0341. The monoisotopic (exact) mass is 605 g/mol. The minimum atomic E-state index is -4.16. The van der Waals surface area contributed by atoms with E-state index in [4.69, 9.17) is 4.74 Å². The third-order valence-electron chi connectivity index (χ3n) is 7.21. The van der Waals surface area contributed by atoms with Gasteiger partial charge in [0.25, 0.3) is 21.8 Å². The number of hydrogen-bond donors (Lipinski definition) is 0. The maximum absolute atomic E-state index is 14.1. The molecule has 1 fully saturated rings. The lowest BCUT2D eigenvalue weighted by molar-refractivity contribution is 0.0532. The van der Waals surface area contributed by atoms with Gasteiger partial charge in [-0.25, -0.2) is 17.2 Å². The molecule has 4 aromatic rings. The van der Waals surface area contributed by atoms with Crippen LogP contribution in [0.2, 0.25) is 0 Å². The molecule has 4 aromatic carbocycles. The lowest BCUT2D eigenvalue weighted by Gasteiger charge is -2.35. The van der Waals surface area contributed by atoms with E-state index in [0.29, 0.717) is 17.5 Å². The largest absolute Gasteiger partial charge is 0.495 e. The van der Waals surface area contributed by atoms with Crippen LogP contribution in [0.1, 0.15) is 26.3 Å². The Bertz CT molecular complexity index is 1740. The average Bonchev–Trinajstić information content (AvgIpc) is 3.03. The van der Waals surface area contributed by atoms with E-state index in [0.717, 1.165) is 17.7 Å². The van der Waals surface area contributed by atoms with E-state index < -0.39 is 33.5 Å². The molecule has 0 spiro atoms. The zero-order chi connectivity index (χ0) is 30.6. The number of amides is 2. The van der Waals surface area contributed by atoms with Gasteiger partial charge >= 0.3 is 0 Å². The van der Waals surface area contributed by atoms with Crippen LogP contribution in [0.25, 0.3) is 0 Å². The number of methoxy groups -OCH3 is 1. The number of carbonyl (C=O) groups excluding carboxylic acids is 2. The van der Waals surface area contributed by atoms with E-state index in [9.17, 15) is 26.8 Å². The van der Waals surface area contributed by atoms with Crippen LogP contribution in [0.5, 0.6) is 5.75 Å². The van der Waals surface area contributed by atoms with Crippen LogP contribution in [0, 0.1) is 11.6 Å². The number of para-hydroxylation sites is 2. The van der Waals surface area contributed by atoms with E-state index in [1.54, 1.807) is 24.3 Å². The van der Waals surface area contributed by atoms with Gasteiger partial charge in [0.05, 0.1) is 29.8 Å². The van der Waals surface area contributed by atoms with Gasteiger partial charge in [0, 0.05) is 37.8 Å². The second-order valence-electron chi connectivity index (χ2n) is 9.91. The molecule has 0 radical (unpaired) electrons. The van der Waals surface area contributed by atoms with Gasteiger partial charge in [-0.15, -0.1) is 0 Å². The lowest BCUT2D eigenvalue weighted by Crippen LogP contribution is -2.50. The zero-order valence-corrected chi connectivity index (χ0v) is 24.1. The van der Waals surface area contributed by atoms with Crippen molar-refractivity contribution >= 4 is 27.5 Å². The van der Waals surface area contributed by atoms with Crippen LogP contribution in [-0.2, 0) is 16.6 Å². The molecule has 8 nitrogen and oxygen atoms in total. The summed E-state index contributed by atoms with van der Waals surface area (Å²) in [7, 11) is -2.69. The van der Waals surface area contributed by atoms with Crippen molar-refractivity contribution in [1.82, 2.24) is 9.80 Å². The Morgan fingerprint density at radius 3 is 2.12 bits per heavy atom. The molecule has 0 N–H and O–H groups in total. The fourth-order valence-corrected chi connectivity index (χ4v) is 6.44. The molecule has 0 bridgehead atoms. The average molecular weight is 606 g/mol. The Hall–Kier alpha value is -4.77. The fourth-order valence-electron chi connectivity index (χ4n) is 4.93. The summed E-state index contributed by atoms with van der Waals surface area (Å²) >= 11 is 0. The molecule has 0 aromatic heterocycles. The number of hydrogen-bond acceptors (Lipinski definition) is 5. The molecular weight excluding hydrogens is 576 g/mol. The Morgan fingerprint density at radius 1 is 0.791 bits per heavy atom. The quantitative estimate of drug-likeness (QED) is 0.283. The van der Waals surface area contributed by atoms with Gasteiger partial charge in [-0.2, -0.15) is 0 Å². The van der Waals surface area contributed by atoms with Gasteiger partial charge in [0.15, 0.2) is 0 Å². The van der Waals surface area contributed by atoms with Crippen molar-refractivity contribution in [3.8, 4) is 5.75 Å². The summed E-state index contributed by atoms with van der Waals surface area (Å²) < 4.78 is 62.3. The molecule has 222 valence electrons. The summed E-state index contributed by atoms with van der Waals surface area (Å²) in [6.07, 6.45) is 0. The van der Waals surface area contributed by atoms with Crippen molar-refractivity contribution in [2.75, 3.05) is 37.6 Å². The molecule has 0 atom stereocenters. The Labute approximate surface area is 248 Å². The summed E-state index contributed by atoms with van der Waals surface area (Å²) in [6, 6.07) is 24.6. The number of sulfonamides is 1. The normalized spacial score (nSPS) is 13.5. The third-order valence-corrected chi connectivity index (χ3v) is 8.96. The maximum Gasteiger partial charge on any atom is 0.264 e. The van der Waals surface area contributed by atoms with E-state index in [1.165, 1.54) is 45.5 Å². The van der Waals surface area contributed by atoms with Crippen molar-refractivity contribution in [1.29, 1.82) is 0 Å². The molecule has 1 heterocycles. The number of ether oxygens (including phenoxy) is 1. The highest BCUT2D eigenvalue weighted by Crippen LogP contribution is 2.34. The Balaban J connectivity index is 1.36. The van der Waals surface area contributed by atoms with Gasteiger partial charge in [0.1, 0.15) is 17.4 Å². The molecule has 43 heavy (non-hydrogen) atoms. The molecule has 0 unspecified atom stereocenters. The number of piperazine rings is 1. The number of nitrogens with zero attached hydrogens (tertiary/aromatic N) is 3. The topological polar surface area (TPSA) is 87.2 Å². The van der Waals surface area contributed by atoms with Crippen molar-refractivity contribution < 1.29 is 31.5 Å². The standard InChI is InChI=1S/C32H29F2N3O5S/c1-42-30-13-6-5-12-29(30)37(22-23-8-3-2-4-9-23)43(40,41)26-11-7-10-24(20-26)31(38)35-16-18-36(19-17-35)32(39)27-15-14-25(33)21-28(27)34/h2-15,20-21H,16-19,22H2,1H3. The Kier molecular flexibility index (Phi) is 8.72. The van der Waals surface area contributed by atoms with Crippen LogP contribution < -0.4 is 9.04 Å². The molecule has 1 saturated heterocycles. The highest BCUT2D eigenvalue weighted by molar-refractivity contribution is 7.92. The molecule has 11 heteroatoms. The third kappa shape index (κ3) is 6.36. The maximum atomic E-state index is 14.1. The van der Waals surface area contributed by atoms with E-state index in [1.807, 2.05) is 30.3 Å². The number of halogens is 2. The van der Waals surface area contributed by atoms with Gasteiger partial charge in [0.2, 0.25) is 0 Å². The van der Waals surface area contributed by atoms with Crippen LogP contribution >= 0.6 is 0 Å². The number of carbonyl (C=O) groups is 2. The fraction of sp³-hybridized carbons (Fsp3) is 0.188. The van der Waals surface area contributed by atoms with Crippen LogP contribution in [0.15, 0.2) is 102 Å². The van der Waals surface area contributed by atoms with Gasteiger partial charge < -0.3 is 14.5 Å². The molecule has 1 aliphatic heterocycles. The first-order valence-electron chi connectivity index (χ1n) is 13.5. The van der Waals surface area contributed by atoms with Crippen molar-refractivity contribution in [2.24, 2.45) is 0 Å². The molecule has 0 saturated carbocycles. The minimum Gasteiger partial charge on any atom is -0.495 e. The smallest absolute Gasteiger partial charge is 0.264 e. The summed E-state index contributed by atoms with van der Waals surface area (Å²) in [4.78, 5) is 29.1. The van der Waals surface area contributed by atoms with E-state index in [-0.39, 0.29) is 48.7 Å². The molecule has 0 aliphatic carbocycles. The second-order valence-corrected chi connectivity index (χ2v) is 11.8. The van der Waals surface area contributed by atoms with Crippen LogP contribution in [0.4, 0.5) is 14.5 Å². The first kappa shape index (κ1) is 29.7. The first-order valence-corrected chi connectivity index (χ1v) is 15.0. The van der Waals surface area contributed by atoms with Gasteiger partial charge in [-0.05, 0) is 48.0 Å². The molecule has 2 amide bonds. The van der Waals surface area contributed by atoms with Gasteiger partial charge in [-0.1, -0.05) is 48.5 Å². The predicted molar refractivity (Wildman–Crippen MR) is 157 cm³/mol. The number of anilines is 1. The van der Waals surface area contributed by atoms with Crippen molar-refractivity contribution in [3.05, 3.63) is 125 Å². The number of rotatable bonds is 8. The number of benzene rings is 4. The Morgan fingerprint density at radius 2 is 1.44 bits per heavy atom. The molecule has 1 aliphatic rings. The van der Waals surface area contributed by atoms with Crippen LogP contribution in [-0.4, -0.2) is 63.3 Å². The summed E-state index contributed by atoms with van der Waals surface area (Å²) in [6.45, 7) is 0.625. The molecular formula is C32H29F2N3O5S. The summed E-state index contributed by atoms with van der Waals surface area (Å²) in [5.74, 6) is -2.34. The van der Waals surface area contributed by atoms with Crippen LogP contribution in [0.3, 0.4) is 0 Å². The summed E-state index contributed by atoms with van der Waals surface area (Å²) in [5, 5.41) is 0. The lowest BCUT2D eigenvalue weighted by atomic mass is 10.1. The highest BCUT2D eigenvalue weighted by Gasteiger charge is 2.30. The predicted octanol–water partition coefficient (Wildman–Crippen LogP) is 4.97. The highest BCUT2D eigenvalue weighted by atomic mass is 32.2. The van der Waals surface area contributed by atoms with Gasteiger partial charge in [-0.3, -0.25) is 13.9 Å². The summed E-state index contributed by atoms with van der Waals surface area (Å²) in [5.41, 5.74) is 1.04. The van der Waals surface area contributed by atoms with Crippen molar-refractivity contribution in [3.63, 3.8) is 0 Å². The first-order chi connectivity index (χ1) is 20.7. The van der Waals surface area contributed by atoms with E-state index in [2.05, 4.69) is 0 Å². The zero-order valence-electron chi connectivity index (χ0n) is 23.3. The second kappa shape index (κ2) is 12.6. The SMILES string of the molecule is COc1ccccc1N(Cc1ccccc1)S(=O)(=O)c1cccc(C(=O)N2CCN(C(=O)c3ccc(F)cc3F)CC2)c1. The molecule has 5 rings (SSSR count). The van der Waals surface area contributed by atoms with E-state index >= 15 is 0 Å². The van der Waals surface area contributed by atoms with Crippen molar-refractivity contribution in [2.45, 2.75) is 11.4 Å².